The van der Waals surface area contributed by atoms with Crippen molar-refractivity contribution in [3.05, 3.63) is 0 Å². The third-order valence-corrected chi connectivity index (χ3v) is 3.33. The summed E-state index contributed by atoms with van der Waals surface area (Å²) in [6.45, 7) is 19.1. The number of hydrogen-bond donors (Lipinski definition) is 0. The maximum Gasteiger partial charge on any atom is 0.0837 e. The molecule has 0 radical (unpaired) electrons. The zero-order valence-electron chi connectivity index (χ0n) is 15.4. The van der Waals surface area contributed by atoms with Crippen LogP contribution < -0.4 is 0 Å². The standard InChI is InChI=1S/C17H40N2/c1-16(2,3)14-18(7,8)12-11-13-19(9,10)15-17(4,5)6/h11-15H2,1-10H3/q+2. The molecule has 0 aliphatic rings. The monoisotopic (exact) mass is 272 g/mol. The van der Waals surface area contributed by atoms with Gasteiger partial charge in [-0.15, -0.1) is 0 Å². The molecular weight excluding hydrogens is 232 g/mol. The summed E-state index contributed by atoms with van der Waals surface area (Å²) in [5.41, 5.74) is 0.832. The van der Waals surface area contributed by atoms with Crippen molar-refractivity contribution in [3.63, 3.8) is 0 Å². The number of quaternary nitrogens is 2. The van der Waals surface area contributed by atoms with Crippen molar-refractivity contribution in [1.29, 1.82) is 0 Å². The molecule has 0 aliphatic heterocycles. The van der Waals surface area contributed by atoms with Gasteiger partial charge in [0, 0.05) is 17.3 Å². The molecule has 0 heterocycles. The second-order valence-electron chi connectivity index (χ2n) is 10.1. The Morgan fingerprint density at radius 1 is 0.579 bits per heavy atom. The fourth-order valence-electron chi connectivity index (χ4n) is 3.65. The van der Waals surface area contributed by atoms with Crippen molar-refractivity contribution in [1.82, 2.24) is 0 Å². The minimum absolute atomic E-state index is 0.416. The summed E-state index contributed by atoms with van der Waals surface area (Å²) >= 11 is 0. The van der Waals surface area contributed by atoms with E-state index in [4.69, 9.17) is 0 Å². The van der Waals surface area contributed by atoms with Gasteiger partial charge in [0.2, 0.25) is 0 Å². The quantitative estimate of drug-likeness (QED) is 0.648. The largest absolute Gasteiger partial charge is 0.328 e. The minimum Gasteiger partial charge on any atom is -0.328 e. The van der Waals surface area contributed by atoms with Crippen LogP contribution in [0.15, 0.2) is 0 Å². The Morgan fingerprint density at radius 2 is 0.842 bits per heavy atom. The number of rotatable bonds is 6. The van der Waals surface area contributed by atoms with Gasteiger partial charge in [-0.05, 0) is 0 Å². The van der Waals surface area contributed by atoms with Crippen LogP contribution in [-0.4, -0.2) is 63.3 Å². The maximum atomic E-state index is 2.37. The first-order chi connectivity index (χ1) is 8.12. The third-order valence-electron chi connectivity index (χ3n) is 3.33. The first-order valence-electron chi connectivity index (χ1n) is 7.76. The number of hydrogen-bond acceptors (Lipinski definition) is 0. The molecule has 0 aromatic carbocycles. The van der Waals surface area contributed by atoms with Gasteiger partial charge in [0.15, 0.2) is 0 Å². The molecule has 0 saturated heterocycles. The highest BCUT2D eigenvalue weighted by molar-refractivity contribution is 4.61. The molecule has 0 amide bonds. The van der Waals surface area contributed by atoms with Crippen molar-refractivity contribution in [2.75, 3.05) is 54.4 Å². The molecule has 0 bridgehead atoms. The van der Waals surface area contributed by atoms with Crippen LogP contribution in [0.1, 0.15) is 48.0 Å². The van der Waals surface area contributed by atoms with Crippen LogP contribution in [0, 0.1) is 10.8 Å². The molecule has 0 saturated carbocycles. The zero-order chi connectivity index (χ0) is 15.5. The van der Waals surface area contributed by atoms with Gasteiger partial charge in [0.25, 0.3) is 0 Å². The summed E-state index contributed by atoms with van der Waals surface area (Å²) in [4.78, 5) is 0. The highest BCUT2D eigenvalue weighted by atomic mass is 15.3. The van der Waals surface area contributed by atoms with E-state index in [9.17, 15) is 0 Å². The Labute approximate surface area is 123 Å². The lowest BCUT2D eigenvalue weighted by Gasteiger charge is -2.38. The Bertz CT molecular complexity index is 236. The Kier molecular flexibility index (Phi) is 6.11. The molecule has 0 unspecified atom stereocenters. The second-order valence-corrected chi connectivity index (χ2v) is 10.1. The lowest BCUT2D eigenvalue weighted by atomic mass is 9.94. The summed E-state index contributed by atoms with van der Waals surface area (Å²) in [5, 5.41) is 0. The van der Waals surface area contributed by atoms with E-state index in [0.717, 1.165) is 8.97 Å². The van der Waals surface area contributed by atoms with Crippen molar-refractivity contribution in [2.45, 2.75) is 48.0 Å². The molecule has 0 rings (SSSR count). The summed E-state index contributed by atoms with van der Waals surface area (Å²) < 4.78 is 2.28. The van der Waals surface area contributed by atoms with Crippen molar-refractivity contribution >= 4 is 0 Å². The molecule has 19 heavy (non-hydrogen) atoms. The third kappa shape index (κ3) is 11.4. The summed E-state index contributed by atoms with van der Waals surface area (Å²) in [7, 11) is 9.48. The lowest BCUT2D eigenvalue weighted by molar-refractivity contribution is -0.915. The molecule has 116 valence electrons. The van der Waals surface area contributed by atoms with Gasteiger partial charge in [-0.2, -0.15) is 0 Å². The van der Waals surface area contributed by atoms with Crippen molar-refractivity contribution in [2.24, 2.45) is 10.8 Å². The molecule has 0 aromatic rings. The van der Waals surface area contributed by atoms with E-state index in [1.54, 1.807) is 0 Å². The average Bonchev–Trinajstić information content (AvgIpc) is 1.90. The van der Waals surface area contributed by atoms with Gasteiger partial charge < -0.3 is 8.97 Å². The molecule has 0 N–H and O–H groups in total. The Morgan fingerprint density at radius 3 is 1.05 bits per heavy atom. The normalized spacial score (nSPS) is 14.8. The molecule has 0 fully saturated rings. The van der Waals surface area contributed by atoms with E-state index in [-0.39, 0.29) is 0 Å². The van der Waals surface area contributed by atoms with Crippen molar-refractivity contribution in [3.8, 4) is 0 Å². The van der Waals surface area contributed by atoms with Crippen LogP contribution in [0.25, 0.3) is 0 Å². The zero-order valence-corrected chi connectivity index (χ0v) is 15.4. The molecule has 2 nitrogen and oxygen atoms in total. The predicted molar refractivity (Wildman–Crippen MR) is 87.2 cm³/mol. The summed E-state index contributed by atoms with van der Waals surface area (Å²) in [5.74, 6) is 0. The van der Waals surface area contributed by atoms with Crippen LogP contribution in [0.5, 0.6) is 0 Å². The molecule has 0 aliphatic carbocycles. The van der Waals surface area contributed by atoms with Gasteiger partial charge in [-0.3, -0.25) is 0 Å². The topological polar surface area (TPSA) is 0 Å². The molecule has 2 heteroatoms. The summed E-state index contributed by atoms with van der Waals surface area (Å²) in [6, 6.07) is 0. The van der Waals surface area contributed by atoms with Gasteiger partial charge in [0.1, 0.15) is 0 Å². The second kappa shape index (κ2) is 6.13. The first-order valence-corrected chi connectivity index (χ1v) is 7.76. The molecule has 0 atom stereocenters. The highest BCUT2D eigenvalue weighted by Gasteiger charge is 2.27. The average molecular weight is 273 g/mol. The fourth-order valence-corrected chi connectivity index (χ4v) is 3.65. The SMILES string of the molecule is CC(C)(C)C[N+](C)(C)CCC[N+](C)(C)CC(C)(C)C. The van der Waals surface area contributed by atoms with Gasteiger partial charge in [-0.1, -0.05) is 41.5 Å². The summed E-state index contributed by atoms with van der Waals surface area (Å²) in [6.07, 6.45) is 1.31. The van der Waals surface area contributed by atoms with E-state index < -0.39 is 0 Å². The maximum absolute atomic E-state index is 2.37. The van der Waals surface area contributed by atoms with E-state index in [2.05, 4.69) is 69.7 Å². The lowest BCUT2D eigenvalue weighted by Crippen LogP contribution is -2.50. The fraction of sp³-hybridized carbons (Fsp3) is 1.00. The van der Waals surface area contributed by atoms with E-state index in [1.807, 2.05) is 0 Å². The van der Waals surface area contributed by atoms with Gasteiger partial charge >= 0.3 is 0 Å². The predicted octanol–water partition coefficient (Wildman–Crippen LogP) is 3.62. The highest BCUT2D eigenvalue weighted by Crippen LogP contribution is 2.20. The van der Waals surface area contributed by atoms with E-state index in [1.165, 1.54) is 32.6 Å². The molecule has 0 spiro atoms. The van der Waals surface area contributed by atoms with Crippen LogP contribution >= 0.6 is 0 Å². The minimum atomic E-state index is 0.416. The smallest absolute Gasteiger partial charge is 0.0837 e. The van der Waals surface area contributed by atoms with Gasteiger partial charge in [0.05, 0.1) is 54.4 Å². The molecule has 0 aromatic heterocycles. The van der Waals surface area contributed by atoms with Crippen LogP contribution in [0.2, 0.25) is 0 Å². The number of nitrogens with zero attached hydrogens (tertiary/aromatic N) is 2. The van der Waals surface area contributed by atoms with Crippen LogP contribution in [-0.2, 0) is 0 Å². The van der Waals surface area contributed by atoms with E-state index in [0.29, 0.717) is 10.8 Å². The first kappa shape index (κ1) is 18.9. The van der Waals surface area contributed by atoms with E-state index >= 15 is 0 Å². The van der Waals surface area contributed by atoms with Crippen LogP contribution in [0.4, 0.5) is 0 Å². The molecular formula is C17H40N2+2. The van der Waals surface area contributed by atoms with Crippen LogP contribution in [0.3, 0.4) is 0 Å². The Balaban J connectivity index is 4.21. The van der Waals surface area contributed by atoms with Crippen molar-refractivity contribution < 1.29 is 8.97 Å². The Hall–Kier alpha value is -0.0800. The van der Waals surface area contributed by atoms with Gasteiger partial charge in [-0.25, -0.2) is 0 Å².